The summed E-state index contributed by atoms with van der Waals surface area (Å²) in [6.07, 6.45) is 23.4. The van der Waals surface area contributed by atoms with Gasteiger partial charge in [0, 0.05) is 0 Å². The molecule has 0 N–H and O–H groups in total. The average Bonchev–Trinajstić information content (AvgIpc) is 3.96. The van der Waals surface area contributed by atoms with Crippen LogP contribution in [-0.2, 0) is 48.2 Å². The number of hydrogen-bond acceptors (Lipinski definition) is 0. The Morgan fingerprint density at radius 3 is 1.40 bits per heavy atom. The van der Waals surface area contributed by atoms with Gasteiger partial charge in [0.05, 0.1) is 0 Å². The molecule has 4 aliphatic carbocycles. The SMILES string of the molecule is CCCCCCc1ccc2c(c1)-c1ccccc1[CH]2[Zr+2]([SiH2]C)[C]1=CC=CC1.C[SiH2][Zr+2]([C]1=CC=CC1)[CH]1c2ccccc2-c2ccccc21.[Cl-].[Cl-].[Cl-].[Cl-]. The zero-order valence-electron chi connectivity index (χ0n) is 30.7. The first kappa shape index (κ1) is 45.6. The van der Waals surface area contributed by atoms with E-state index < -0.39 is 41.8 Å². The fraction of sp³-hybridized carbons (Fsp3) is 0.273. The Kier molecular flexibility index (Phi) is 19.3. The molecule has 4 aliphatic rings. The normalized spacial score (nSPS) is 15.6. The molecule has 1 unspecified atom stereocenters. The van der Waals surface area contributed by atoms with Gasteiger partial charge >= 0.3 is 311 Å². The molecule has 8 rings (SSSR count). The Hall–Kier alpha value is -0.800. The molecule has 8 heteroatoms. The maximum absolute atomic E-state index is 2.58. The van der Waals surface area contributed by atoms with Crippen LogP contribution < -0.4 is 49.6 Å². The third kappa shape index (κ3) is 9.59. The maximum atomic E-state index is 2.58. The molecule has 0 radical (unpaired) electrons. The molecule has 0 heterocycles. The third-order valence-electron chi connectivity index (χ3n) is 11.0. The summed E-state index contributed by atoms with van der Waals surface area (Å²) in [7, 11) is 0. The largest absolute Gasteiger partial charge is 1.00 e. The Morgan fingerprint density at radius 1 is 0.538 bits per heavy atom. The zero-order valence-corrected chi connectivity index (χ0v) is 41.4. The second-order valence-corrected chi connectivity index (χ2v) is 45.8. The summed E-state index contributed by atoms with van der Waals surface area (Å²) in [4.78, 5) is 0. The van der Waals surface area contributed by atoms with E-state index in [1.54, 1.807) is 38.9 Å². The predicted molar refractivity (Wildman–Crippen MR) is 208 cm³/mol. The molecule has 270 valence electrons. The average molecular weight is 959 g/mol. The van der Waals surface area contributed by atoms with E-state index >= 15 is 0 Å². The van der Waals surface area contributed by atoms with Gasteiger partial charge in [-0.1, -0.05) is 0 Å². The van der Waals surface area contributed by atoms with Gasteiger partial charge in [0.25, 0.3) is 0 Å². The molecule has 4 aromatic carbocycles. The first-order valence-corrected chi connectivity index (χ1v) is 38.5. The van der Waals surface area contributed by atoms with E-state index in [2.05, 4.69) is 147 Å². The smallest absolute Gasteiger partial charge is 1.00 e. The topological polar surface area (TPSA) is 0 Å². The number of aryl methyl sites for hydroxylation is 1. The molecule has 0 aromatic heterocycles. The molecular weight excluding hydrogens is 909 g/mol. The van der Waals surface area contributed by atoms with Crippen molar-refractivity contribution in [2.45, 2.75) is 72.2 Å². The second kappa shape index (κ2) is 22.1. The van der Waals surface area contributed by atoms with Gasteiger partial charge in [-0.3, -0.25) is 0 Å². The van der Waals surface area contributed by atoms with Gasteiger partial charge < -0.3 is 49.6 Å². The molecule has 1 atom stereocenters. The summed E-state index contributed by atoms with van der Waals surface area (Å²) in [5.74, 6) is 0. The van der Waals surface area contributed by atoms with E-state index in [0.29, 0.717) is 0 Å². The molecule has 0 fully saturated rings. The van der Waals surface area contributed by atoms with Crippen molar-refractivity contribution >= 4 is 13.3 Å². The van der Waals surface area contributed by atoms with Crippen LogP contribution in [0.25, 0.3) is 22.3 Å². The van der Waals surface area contributed by atoms with Crippen molar-refractivity contribution < 1.29 is 91.5 Å². The van der Waals surface area contributed by atoms with Crippen LogP contribution in [0.1, 0.15) is 80.5 Å². The monoisotopic (exact) mass is 954 g/mol. The van der Waals surface area contributed by atoms with E-state index in [4.69, 9.17) is 0 Å². The fourth-order valence-electron chi connectivity index (χ4n) is 8.67. The van der Waals surface area contributed by atoms with E-state index in [1.165, 1.54) is 56.1 Å². The summed E-state index contributed by atoms with van der Waals surface area (Å²) < 4.78 is 5.27. The summed E-state index contributed by atoms with van der Waals surface area (Å²) in [5.41, 5.74) is 14.3. The standard InChI is InChI=1S/C19H21.C13H9.2C5H5.2CH5Si.4ClH.2Zr/c1-2-3-4-5-8-15-11-12-17-14-16-9-6-7-10-18(16)19(17)13-15;1-3-7-12-10(5-1)9-11-6-2-4-8-13(11)12;2*1-2-4-5-3-1;2*1-2;;;;;;/h6-7,9-14H,2-5,8H2,1H3;1-9H;2*1-3H,4H2;2*2H2,1H3;4*1H;;/q;;;;;;;;;;2*+2/p-4. The maximum Gasteiger partial charge on any atom is -1.00 e. The van der Waals surface area contributed by atoms with E-state index in [-0.39, 0.29) is 62.9 Å². The van der Waals surface area contributed by atoms with Gasteiger partial charge in [0.15, 0.2) is 0 Å². The molecule has 0 spiro atoms. The summed E-state index contributed by atoms with van der Waals surface area (Å²) in [5, 5.41) is 0. The number of halogens is 4. The fourth-order valence-corrected chi connectivity index (χ4v) is 42.8. The quantitative estimate of drug-likeness (QED) is 0.132. The predicted octanol–water partition coefficient (Wildman–Crippen LogP) is -1.16. The Labute approximate surface area is 357 Å². The number of allylic oxidation sites excluding steroid dienone is 8. The minimum Gasteiger partial charge on any atom is -1.00 e. The van der Waals surface area contributed by atoms with Crippen molar-refractivity contribution in [2.75, 3.05) is 0 Å². The van der Waals surface area contributed by atoms with Crippen LogP contribution in [-0.4, -0.2) is 13.3 Å². The molecule has 52 heavy (non-hydrogen) atoms. The van der Waals surface area contributed by atoms with Crippen molar-refractivity contribution in [3.63, 3.8) is 0 Å². The molecule has 0 amide bonds. The number of hydrogen-bond donors (Lipinski definition) is 0. The number of fused-ring (bicyclic) bond motifs is 6. The van der Waals surface area contributed by atoms with Gasteiger partial charge in [-0.25, -0.2) is 0 Å². The van der Waals surface area contributed by atoms with E-state index in [9.17, 15) is 0 Å². The Bertz CT molecular complexity index is 1860. The minimum absolute atomic E-state index is 0. The van der Waals surface area contributed by atoms with Crippen LogP contribution in [0.15, 0.2) is 134 Å². The summed E-state index contributed by atoms with van der Waals surface area (Å²) in [6, 6.07) is 35.1. The number of rotatable bonds is 11. The summed E-state index contributed by atoms with van der Waals surface area (Å²) in [6.45, 7) is 7.55. The Morgan fingerprint density at radius 2 is 0.981 bits per heavy atom. The van der Waals surface area contributed by atoms with Crippen molar-refractivity contribution in [1.82, 2.24) is 0 Å². The van der Waals surface area contributed by atoms with Crippen molar-refractivity contribution in [3.05, 3.63) is 162 Å². The van der Waals surface area contributed by atoms with Crippen LogP contribution in [0.2, 0.25) is 13.1 Å². The molecular formula is C44H50Cl4Si2Zr2. The van der Waals surface area contributed by atoms with Crippen LogP contribution in [0.3, 0.4) is 0 Å². The van der Waals surface area contributed by atoms with Gasteiger partial charge in [0.1, 0.15) is 0 Å². The van der Waals surface area contributed by atoms with Crippen molar-refractivity contribution in [1.29, 1.82) is 0 Å². The van der Waals surface area contributed by atoms with Crippen molar-refractivity contribution in [3.8, 4) is 22.3 Å². The zero-order chi connectivity index (χ0) is 32.9. The van der Waals surface area contributed by atoms with Crippen LogP contribution in [0.4, 0.5) is 0 Å². The molecule has 0 saturated heterocycles. The molecule has 0 saturated carbocycles. The molecule has 0 bridgehead atoms. The van der Waals surface area contributed by atoms with Crippen LogP contribution in [0, 0.1) is 0 Å². The minimum atomic E-state index is -1.59. The summed E-state index contributed by atoms with van der Waals surface area (Å²) >= 11 is -3.11. The number of benzene rings is 4. The Balaban J connectivity index is 0.000000267. The van der Waals surface area contributed by atoms with Gasteiger partial charge in [0.2, 0.25) is 0 Å². The van der Waals surface area contributed by atoms with E-state index in [0.717, 1.165) is 7.25 Å². The number of unbranched alkanes of at least 4 members (excludes halogenated alkanes) is 3. The molecule has 0 nitrogen and oxygen atoms in total. The second-order valence-electron chi connectivity index (χ2n) is 13.8. The first-order chi connectivity index (χ1) is 23.7. The van der Waals surface area contributed by atoms with E-state index in [1.807, 2.05) is 6.56 Å². The molecule has 0 aliphatic heterocycles. The molecule has 4 aromatic rings. The van der Waals surface area contributed by atoms with Crippen LogP contribution >= 0.6 is 0 Å². The third-order valence-corrected chi connectivity index (χ3v) is 46.3. The van der Waals surface area contributed by atoms with Gasteiger partial charge in [-0.2, -0.15) is 0 Å². The van der Waals surface area contributed by atoms with Crippen molar-refractivity contribution in [2.24, 2.45) is 0 Å². The van der Waals surface area contributed by atoms with Gasteiger partial charge in [-0.05, 0) is 0 Å². The van der Waals surface area contributed by atoms with Gasteiger partial charge in [-0.15, -0.1) is 0 Å². The van der Waals surface area contributed by atoms with Crippen LogP contribution in [0.5, 0.6) is 0 Å². The first-order valence-electron chi connectivity index (χ1n) is 18.6.